The van der Waals surface area contributed by atoms with E-state index in [1.165, 1.54) is 5.56 Å². The van der Waals surface area contributed by atoms with Crippen LogP contribution in [0.4, 0.5) is 0 Å². The normalized spacial score (nSPS) is 10.9. The summed E-state index contributed by atoms with van der Waals surface area (Å²) in [5.41, 5.74) is 9.44. The molecule has 0 radical (unpaired) electrons. The average Bonchev–Trinajstić information content (AvgIpc) is 2.75. The zero-order valence-corrected chi connectivity index (χ0v) is 20.3. The van der Waals surface area contributed by atoms with E-state index in [0.717, 1.165) is 36.4 Å². The van der Waals surface area contributed by atoms with Crippen LogP contribution in [0.1, 0.15) is 63.6 Å². The predicted octanol–water partition coefficient (Wildman–Crippen LogP) is 6.98. The van der Waals surface area contributed by atoms with E-state index >= 15 is 0 Å². The van der Waals surface area contributed by atoms with Gasteiger partial charge in [0.25, 0.3) is 0 Å². The molecule has 0 saturated carbocycles. The summed E-state index contributed by atoms with van der Waals surface area (Å²) in [5.74, 6) is 1.22. The van der Waals surface area contributed by atoms with Crippen LogP contribution in [-0.4, -0.2) is 19.7 Å². The number of benzene rings is 2. The van der Waals surface area contributed by atoms with Crippen molar-refractivity contribution >= 4 is 23.2 Å². The number of hydrogen-bond acceptors (Lipinski definition) is 3. The fraction of sp³-hybridized carbons (Fsp3) is 0.500. The first kappa shape index (κ1) is 27.7. The van der Waals surface area contributed by atoms with Gasteiger partial charge in [0.15, 0.2) is 0 Å². The highest BCUT2D eigenvalue weighted by Crippen LogP contribution is 2.27. The first-order valence-electron chi connectivity index (χ1n) is 10.6. The highest BCUT2D eigenvalue weighted by atomic mass is 35.5. The molecule has 0 amide bonds. The summed E-state index contributed by atoms with van der Waals surface area (Å²) in [7, 11) is 0. The summed E-state index contributed by atoms with van der Waals surface area (Å²) in [4.78, 5) is 0. The fourth-order valence-electron chi connectivity index (χ4n) is 2.76. The molecule has 0 fully saturated rings. The SMILES string of the molecule is CC.CC.CCOc1cc(CNCCC(CN)c2ccc(Cl)c(Cl)c2)ccc1C. The van der Waals surface area contributed by atoms with Gasteiger partial charge in [-0.2, -0.15) is 0 Å². The van der Waals surface area contributed by atoms with Crippen LogP contribution in [-0.2, 0) is 6.54 Å². The Morgan fingerprint density at radius 1 is 1.00 bits per heavy atom. The van der Waals surface area contributed by atoms with Gasteiger partial charge in [0, 0.05) is 6.54 Å². The zero-order chi connectivity index (χ0) is 22.2. The van der Waals surface area contributed by atoms with E-state index in [9.17, 15) is 0 Å². The zero-order valence-electron chi connectivity index (χ0n) is 18.8. The number of hydrogen-bond donors (Lipinski definition) is 2. The molecule has 5 heteroatoms. The lowest BCUT2D eigenvalue weighted by Gasteiger charge is -2.16. The molecule has 1 atom stereocenters. The second kappa shape index (κ2) is 16.5. The van der Waals surface area contributed by atoms with E-state index in [0.29, 0.717) is 23.2 Å². The Hall–Kier alpha value is -1.26. The Balaban J connectivity index is 0.00000184. The monoisotopic (exact) mass is 440 g/mol. The number of aryl methyl sites for hydroxylation is 1. The Morgan fingerprint density at radius 2 is 1.69 bits per heavy atom. The number of ether oxygens (including phenoxy) is 1. The van der Waals surface area contributed by atoms with Crippen molar-refractivity contribution < 1.29 is 4.74 Å². The van der Waals surface area contributed by atoms with Crippen molar-refractivity contribution in [3.63, 3.8) is 0 Å². The predicted molar refractivity (Wildman–Crippen MR) is 130 cm³/mol. The molecule has 0 heterocycles. The van der Waals surface area contributed by atoms with Gasteiger partial charge in [-0.05, 0) is 74.2 Å². The summed E-state index contributed by atoms with van der Waals surface area (Å²) in [5, 5.41) is 4.63. The summed E-state index contributed by atoms with van der Waals surface area (Å²) in [6.45, 7) is 15.0. The Bertz CT molecular complexity index is 693. The van der Waals surface area contributed by atoms with Gasteiger partial charge in [-0.25, -0.2) is 0 Å². The highest BCUT2D eigenvalue weighted by Gasteiger charge is 2.11. The van der Waals surface area contributed by atoms with Crippen LogP contribution in [0, 0.1) is 6.92 Å². The maximum absolute atomic E-state index is 6.11. The van der Waals surface area contributed by atoms with Crippen molar-refractivity contribution in [2.75, 3.05) is 19.7 Å². The van der Waals surface area contributed by atoms with Gasteiger partial charge in [-0.3, -0.25) is 0 Å². The van der Waals surface area contributed by atoms with E-state index in [2.05, 4.69) is 30.4 Å². The van der Waals surface area contributed by atoms with Crippen molar-refractivity contribution in [3.05, 3.63) is 63.1 Å². The third-order valence-corrected chi connectivity index (χ3v) is 4.99. The number of nitrogens with two attached hydrogens (primary N) is 1. The Labute approximate surface area is 187 Å². The van der Waals surface area contributed by atoms with Crippen LogP contribution in [0.2, 0.25) is 10.0 Å². The second-order valence-electron chi connectivity index (χ2n) is 6.10. The van der Waals surface area contributed by atoms with Gasteiger partial charge in [0.05, 0.1) is 16.7 Å². The molecule has 29 heavy (non-hydrogen) atoms. The molecule has 2 aromatic rings. The first-order chi connectivity index (χ1) is 14.0. The van der Waals surface area contributed by atoms with Crippen LogP contribution < -0.4 is 15.8 Å². The summed E-state index contributed by atoms with van der Waals surface area (Å²) >= 11 is 12.1. The molecule has 0 aromatic heterocycles. The van der Waals surface area contributed by atoms with Crippen LogP contribution >= 0.6 is 23.2 Å². The minimum Gasteiger partial charge on any atom is -0.494 e. The van der Waals surface area contributed by atoms with Crippen molar-refractivity contribution in [2.24, 2.45) is 5.73 Å². The number of nitrogens with one attached hydrogen (secondary N) is 1. The van der Waals surface area contributed by atoms with Crippen LogP contribution in [0.15, 0.2) is 36.4 Å². The first-order valence-corrected chi connectivity index (χ1v) is 11.4. The molecule has 3 nitrogen and oxygen atoms in total. The van der Waals surface area contributed by atoms with E-state index < -0.39 is 0 Å². The number of halogens is 2. The van der Waals surface area contributed by atoms with Gasteiger partial charge in [0.2, 0.25) is 0 Å². The van der Waals surface area contributed by atoms with Crippen LogP contribution in [0.5, 0.6) is 5.75 Å². The van der Waals surface area contributed by atoms with Crippen molar-refractivity contribution in [2.45, 2.75) is 60.4 Å². The quantitative estimate of drug-likeness (QED) is 0.413. The van der Waals surface area contributed by atoms with Crippen LogP contribution in [0.25, 0.3) is 0 Å². The summed E-state index contributed by atoms with van der Waals surface area (Å²) in [6.07, 6.45) is 0.943. The third-order valence-electron chi connectivity index (χ3n) is 4.25. The lowest BCUT2D eigenvalue weighted by atomic mass is 9.96. The molecule has 0 saturated heterocycles. The lowest BCUT2D eigenvalue weighted by Crippen LogP contribution is -2.21. The molecule has 3 N–H and O–H groups in total. The molecule has 0 aliphatic rings. The third kappa shape index (κ3) is 9.86. The van der Waals surface area contributed by atoms with Crippen molar-refractivity contribution in [1.82, 2.24) is 5.32 Å². The second-order valence-corrected chi connectivity index (χ2v) is 6.92. The molecule has 2 aromatic carbocycles. The van der Waals surface area contributed by atoms with Gasteiger partial charge in [-0.15, -0.1) is 0 Å². The summed E-state index contributed by atoms with van der Waals surface area (Å²) < 4.78 is 5.65. The molecule has 0 aliphatic carbocycles. The standard InChI is InChI=1S/C20H26Cl2N2O.2C2H6/c1-3-25-20-10-15(5-4-14(20)2)13-24-9-8-17(12-23)16-6-7-18(21)19(22)11-16;2*1-2/h4-7,10-11,17,24H,3,8-9,12-13,23H2,1-2H3;2*1-2H3. The number of rotatable bonds is 9. The molecule has 164 valence electrons. The van der Waals surface area contributed by atoms with Crippen molar-refractivity contribution in [1.29, 1.82) is 0 Å². The topological polar surface area (TPSA) is 47.3 Å². The maximum atomic E-state index is 6.11. The Kier molecular flexibility index (Phi) is 15.8. The van der Waals surface area contributed by atoms with Crippen LogP contribution in [0.3, 0.4) is 0 Å². The van der Waals surface area contributed by atoms with E-state index in [1.54, 1.807) is 0 Å². The molecule has 2 rings (SSSR count). The molecule has 0 spiro atoms. The maximum Gasteiger partial charge on any atom is 0.122 e. The van der Waals surface area contributed by atoms with E-state index in [4.69, 9.17) is 33.7 Å². The summed E-state index contributed by atoms with van der Waals surface area (Å²) in [6, 6.07) is 12.1. The molecule has 1 unspecified atom stereocenters. The van der Waals surface area contributed by atoms with Gasteiger partial charge in [0.1, 0.15) is 5.75 Å². The van der Waals surface area contributed by atoms with E-state index in [-0.39, 0.29) is 5.92 Å². The minimum absolute atomic E-state index is 0.263. The minimum atomic E-state index is 0.263. The van der Waals surface area contributed by atoms with Gasteiger partial charge in [-0.1, -0.05) is 69.1 Å². The molecular formula is C24H38Cl2N2O. The van der Waals surface area contributed by atoms with E-state index in [1.807, 2.05) is 52.8 Å². The highest BCUT2D eigenvalue weighted by molar-refractivity contribution is 6.42. The lowest BCUT2D eigenvalue weighted by molar-refractivity contribution is 0.337. The molecule has 0 bridgehead atoms. The molecule has 0 aliphatic heterocycles. The average molecular weight is 441 g/mol. The fourth-order valence-corrected chi connectivity index (χ4v) is 3.07. The largest absolute Gasteiger partial charge is 0.494 e. The van der Waals surface area contributed by atoms with Crippen molar-refractivity contribution in [3.8, 4) is 5.75 Å². The molecular weight excluding hydrogens is 403 g/mol. The van der Waals surface area contributed by atoms with Gasteiger partial charge < -0.3 is 15.8 Å². The smallest absolute Gasteiger partial charge is 0.122 e. The Morgan fingerprint density at radius 3 is 2.28 bits per heavy atom. The van der Waals surface area contributed by atoms with Gasteiger partial charge >= 0.3 is 0 Å².